The largest absolute Gasteiger partial charge is 0.465 e. The van der Waals surface area contributed by atoms with Crippen LogP contribution in [-0.2, 0) is 11.2 Å². The molecule has 13 heavy (non-hydrogen) atoms. The normalized spacial score (nSPS) is 9.77. The van der Waals surface area contributed by atoms with E-state index in [-0.39, 0.29) is 0 Å². The zero-order chi connectivity index (χ0) is 9.84. The van der Waals surface area contributed by atoms with Crippen molar-refractivity contribution >= 4 is 17.6 Å². The van der Waals surface area contributed by atoms with Crippen molar-refractivity contribution in [3.05, 3.63) is 28.5 Å². The Labute approximate surface area is 81.7 Å². The molecule has 0 saturated carbocycles. The Morgan fingerprint density at radius 3 is 2.92 bits per heavy atom. The van der Waals surface area contributed by atoms with E-state index in [1.165, 1.54) is 7.11 Å². The SMILES string of the molecule is CCc1nccc(Cl)c1C(=O)OC. The number of ether oxygens (including phenoxy) is 1. The second-order valence-corrected chi connectivity index (χ2v) is 2.87. The highest BCUT2D eigenvalue weighted by molar-refractivity contribution is 6.33. The van der Waals surface area contributed by atoms with Crippen molar-refractivity contribution in [2.24, 2.45) is 0 Å². The van der Waals surface area contributed by atoms with Gasteiger partial charge in [0.2, 0.25) is 0 Å². The second-order valence-electron chi connectivity index (χ2n) is 2.46. The first-order valence-corrected chi connectivity index (χ1v) is 4.30. The molecule has 0 aromatic carbocycles. The van der Waals surface area contributed by atoms with Crippen LogP contribution in [0.1, 0.15) is 23.0 Å². The minimum Gasteiger partial charge on any atom is -0.465 e. The first-order chi connectivity index (χ1) is 6.20. The third kappa shape index (κ3) is 1.98. The van der Waals surface area contributed by atoms with Gasteiger partial charge < -0.3 is 4.74 Å². The van der Waals surface area contributed by atoms with E-state index in [1.54, 1.807) is 12.3 Å². The number of nitrogens with zero attached hydrogens (tertiary/aromatic N) is 1. The van der Waals surface area contributed by atoms with Crippen molar-refractivity contribution in [2.45, 2.75) is 13.3 Å². The fourth-order valence-corrected chi connectivity index (χ4v) is 1.31. The maximum absolute atomic E-state index is 11.3. The molecule has 0 atom stereocenters. The smallest absolute Gasteiger partial charge is 0.341 e. The first kappa shape index (κ1) is 9.99. The molecule has 0 spiro atoms. The van der Waals surface area contributed by atoms with Crippen LogP contribution in [0.25, 0.3) is 0 Å². The summed E-state index contributed by atoms with van der Waals surface area (Å²) >= 11 is 5.84. The van der Waals surface area contributed by atoms with Crippen LogP contribution < -0.4 is 0 Å². The number of halogens is 1. The Morgan fingerprint density at radius 2 is 2.38 bits per heavy atom. The molecule has 3 nitrogen and oxygen atoms in total. The number of aromatic nitrogens is 1. The Kier molecular flexibility index (Phi) is 3.25. The van der Waals surface area contributed by atoms with E-state index in [9.17, 15) is 4.79 Å². The molecule has 0 radical (unpaired) electrons. The molecular formula is C9H10ClNO2. The molecule has 0 aliphatic rings. The van der Waals surface area contributed by atoms with E-state index in [0.29, 0.717) is 22.7 Å². The highest BCUT2D eigenvalue weighted by Gasteiger charge is 2.15. The number of rotatable bonds is 2. The van der Waals surface area contributed by atoms with Crippen molar-refractivity contribution in [2.75, 3.05) is 7.11 Å². The predicted octanol–water partition coefficient (Wildman–Crippen LogP) is 2.08. The van der Waals surface area contributed by atoms with Crippen LogP contribution in [0.4, 0.5) is 0 Å². The lowest BCUT2D eigenvalue weighted by molar-refractivity contribution is 0.0599. The van der Waals surface area contributed by atoms with Gasteiger partial charge in [-0.05, 0) is 12.5 Å². The average Bonchev–Trinajstić information content (AvgIpc) is 2.16. The highest BCUT2D eigenvalue weighted by Crippen LogP contribution is 2.19. The van der Waals surface area contributed by atoms with E-state index >= 15 is 0 Å². The van der Waals surface area contributed by atoms with Gasteiger partial charge in [0.1, 0.15) is 0 Å². The number of pyridine rings is 1. The van der Waals surface area contributed by atoms with Gasteiger partial charge in [-0.3, -0.25) is 4.98 Å². The molecule has 0 N–H and O–H groups in total. The molecule has 0 fully saturated rings. The highest BCUT2D eigenvalue weighted by atomic mass is 35.5. The summed E-state index contributed by atoms with van der Waals surface area (Å²) in [5.74, 6) is -0.435. The zero-order valence-electron chi connectivity index (χ0n) is 7.50. The summed E-state index contributed by atoms with van der Waals surface area (Å²) in [5, 5.41) is 0.388. The van der Waals surface area contributed by atoms with Crippen LogP contribution in [0.2, 0.25) is 5.02 Å². The molecule has 0 unspecified atom stereocenters. The topological polar surface area (TPSA) is 39.2 Å². The third-order valence-electron chi connectivity index (χ3n) is 1.70. The molecule has 0 saturated heterocycles. The van der Waals surface area contributed by atoms with Crippen molar-refractivity contribution < 1.29 is 9.53 Å². The van der Waals surface area contributed by atoms with Gasteiger partial charge in [0.15, 0.2) is 0 Å². The number of carbonyl (C=O) groups excluding carboxylic acids is 1. The molecule has 0 aliphatic carbocycles. The summed E-state index contributed by atoms with van der Waals surface area (Å²) in [5.41, 5.74) is 1.04. The molecule has 70 valence electrons. The molecule has 4 heteroatoms. The number of esters is 1. The van der Waals surface area contributed by atoms with E-state index in [1.807, 2.05) is 6.92 Å². The minimum atomic E-state index is -0.435. The van der Waals surface area contributed by atoms with Crippen molar-refractivity contribution in [3.63, 3.8) is 0 Å². The number of methoxy groups -OCH3 is 1. The Hall–Kier alpha value is -1.09. The lowest BCUT2D eigenvalue weighted by atomic mass is 10.1. The van der Waals surface area contributed by atoms with Gasteiger partial charge in [-0.25, -0.2) is 4.79 Å². The van der Waals surface area contributed by atoms with Gasteiger partial charge in [-0.1, -0.05) is 18.5 Å². The molecule has 1 heterocycles. The van der Waals surface area contributed by atoms with Gasteiger partial charge in [-0.15, -0.1) is 0 Å². The van der Waals surface area contributed by atoms with Crippen LogP contribution in [0.15, 0.2) is 12.3 Å². The average molecular weight is 200 g/mol. The van der Waals surface area contributed by atoms with Crippen LogP contribution in [-0.4, -0.2) is 18.1 Å². The van der Waals surface area contributed by atoms with E-state index in [4.69, 9.17) is 11.6 Å². The fraction of sp³-hybridized carbons (Fsp3) is 0.333. The summed E-state index contributed by atoms with van der Waals surface area (Å²) in [6.07, 6.45) is 2.23. The van der Waals surface area contributed by atoms with Crippen LogP contribution in [0, 0.1) is 0 Å². The van der Waals surface area contributed by atoms with Gasteiger partial charge in [0.25, 0.3) is 0 Å². The van der Waals surface area contributed by atoms with E-state index < -0.39 is 5.97 Å². The molecule has 1 aromatic heterocycles. The van der Waals surface area contributed by atoms with Crippen molar-refractivity contribution in [1.29, 1.82) is 0 Å². The minimum absolute atomic E-state index is 0.370. The van der Waals surface area contributed by atoms with Gasteiger partial charge in [-0.2, -0.15) is 0 Å². The summed E-state index contributed by atoms with van der Waals surface area (Å²) < 4.78 is 4.60. The van der Waals surface area contributed by atoms with Crippen LogP contribution in [0.5, 0.6) is 0 Å². The third-order valence-corrected chi connectivity index (χ3v) is 2.02. The lowest BCUT2D eigenvalue weighted by Crippen LogP contribution is -2.07. The number of aryl methyl sites for hydroxylation is 1. The Morgan fingerprint density at radius 1 is 1.69 bits per heavy atom. The number of carbonyl (C=O) groups is 1. The monoisotopic (exact) mass is 199 g/mol. The van der Waals surface area contributed by atoms with Crippen molar-refractivity contribution in [1.82, 2.24) is 4.98 Å². The molecule has 1 aromatic rings. The maximum atomic E-state index is 11.3. The summed E-state index contributed by atoms with van der Waals surface area (Å²) in [4.78, 5) is 15.3. The molecule has 0 aliphatic heterocycles. The quantitative estimate of drug-likeness (QED) is 0.685. The zero-order valence-corrected chi connectivity index (χ0v) is 8.26. The van der Waals surface area contributed by atoms with Crippen LogP contribution in [0.3, 0.4) is 0 Å². The summed E-state index contributed by atoms with van der Waals surface area (Å²) in [7, 11) is 1.32. The number of hydrogen-bond donors (Lipinski definition) is 0. The van der Waals surface area contributed by atoms with Gasteiger partial charge >= 0.3 is 5.97 Å². The van der Waals surface area contributed by atoms with Gasteiger partial charge in [0.05, 0.1) is 23.4 Å². The van der Waals surface area contributed by atoms with Crippen molar-refractivity contribution in [3.8, 4) is 0 Å². The standard InChI is InChI=1S/C9H10ClNO2/c1-3-7-8(9(12)13-2)6(10)4-5-11-7/h4-5H,3H2,1-2H3. The second kappa shape index (κ2) is 4.23. The summed E-state index contributed by atoms with van der Waals surface area (Å²) in [6, 6.07) is 1.58. The molecule has 1 rings (SSSR count). The molecule has 0 amide bonds. The van der Waals surface area contributed by atoms with E-state index in [2.05, 4.69) is 9.72 Å². The Balaban J connectivity index is 3.22. The molecule has 0 bridgehead atoms. The van der Waals surface area contributed by atoms with E-state index in [0.717, 1.165) is 0 Å². The Bertz CT molecular complexity index is 325. The molecular weight excluding hydrogens is 190 g/mol. The maximum Gasteiger partial charge on any atom is 0.341 e. The predicted molar refractivity (Wildman–Crippen MR) is 50.0 cm³/mol. The number of hydrogen-bond acceptors (Lipinski definition) is 3. The van der Waals surface area contributed by atoms with Crippen LogP contribution >= 0.6 is 11.6 Å². The fourth-order valence-electron chi connectivity index (χ4n) is 1.06. The van der Waals surface area contributed by atoms with Gasteiger partial charge in [0, 0.05) is 6.20 Å². The lowest BCUT2D eigenvalue weighted by Gasteiger charge is -2.05. The first-order valence-electron chi connectivity index (χ1n) is 3.92. The summed E-state index contributed by atoms with van der Waals surface area (Å²) in [6.45, 7) is 1.91.